The molecule has 1 aliphatic heterocycles. The van der Waals surface area contributed by atoms with Gasteiger partial charge in [-0.05, 0) is 34.0 Å². The minimum atomic E-state index is 1.05. The van der Waals surface area contributed by atoms with Gasteiger partial charge in [-0.25, -0.2) is 0 Å². The van der Waals surface area contributed by atoms with Crippen LogP contribution in [0.5, 0.6) is 0 Å². The summed E-state index contributed by atoms with van der Waals surface area (Å²) in [6.45, 7) is 0. The largest absolute Gasteiger partial charge is 0.324 e. The highest BCUT2D eigenvalue weighted by Gasteiger charge is 1.95. The van der Waals surface area contributed by atoms with Crippen molar-refractivity contribution in [2.24, 2.45) is 0 Å². The van der Waals surface area contributed by atoms with E-state index in [1.807, 2.05) is 11.8 Å². The summed E-state index contributed by atoms with van der Waals surface area (Å²) < 4.78 is 4.01. The first-order valence-electron chi connectivity index (χ1n) is 1.50. The molecule has 0 bridgehead atoms. The van der Waals surface area contributed by atoms with Crippen molar-refractivity contribution in [3.05, 3.63) is 16.4 Å². The van der Waals surface area contributed by atoms with Crippen LogP contribution in [0.2, 0.25) is 0 Å². The molecule has 0 spiro atoms. The van der Waals surface area contributed by atoms with Gasteiger partial charge in [0.15, 0.2) is 0 Å². The Hall–Kier alpha value is 0.370. The molecule has 0 atom stereocenters. The van der Waals surface area contributed by atoms with E-state index < -0.39 is 0 Å². The predicted octanol–water partition coefficient (Wildman–Crippen LogP) is 1.64. The molecule has 1 nitrogen and oxygen atoms in total. The van der Waals surface area contributed by atoms with Crippen molar-refractivity contribution in [1.82, 2.24) is 4.72 Å². The van der Waals surface area contributed by atoms with Crippen LogP contribution in [0.4, 0.5) is 0 Å². The molecule has 0 saturated heterocycles. The molecule has 0 fully saturated rings. The molecule has 0 unspecified atom stereocenters. The molecule has 0 aromatic rings. The highest BCUT2D eigenvalue weighted by molar-refractivity contribution is 9.11. The lowest BCUT2D eigenvalue weighted by atomic mass is 10.7. The van der Waals surface area contributed by atoms with Crippen LogP contribution in [0.1, 0.15) is 0 Å². The average Bonchev–Trinajstić information content (AvgIpc) is 1.86. The van der Waals surface area contributed by atoms with Gasteiger partial charge in [-0.15, -0.1) is 0 Å². The highest BCUT2D eigenvalue weighted by Crippen LogP contribution is 2.17. The third-order valence-corrected chi connectivity index (χ3v) is 1.77. The Morgan fingerprint density at radius 3 is 2.83 bits per heavy atom. The Bertz CT molecular complexity index is 80.9. The number of hydrogen-bond acceptors (Lipinski definition) is 2. The molecule has 1 rings (SSSR count). The van der Waals surface area contributed by atoms with E-state index in [9.17, 15) is 0 Å². The van der Waals surface area contributed by atoms with Gasteiger partial charge in [0, 0.05) is 0 Å². The van der Waals surface area contributed by atoms with E-state index in [4.69, 9.17) is 0 Å². The summed E-state index contributed by atoms with van der Waals surface area (Å²) in [5, 5.41) is 0. The summed E-state index contributed by atoms with van der Waals surface area (Å²) in [7, 11) is 0. The fourth-order valence-electron chi connectivity index (χ4n) is 0.218. The van der Waals surface area contributed by atoms with E-state index in [0.29, 0.717) is 0 Å². The fourth-order valence-corrected chi connectivity index (χ4v) is 1.26. The third-order valence-electron chi connectivity index (χ3n) is 0.439. The van der Waals surface area contributed by atoms with Gasteiger partial charge in [-0.2, -0.15) is 0 Å². The lowest BCUT2D eigenvalue weighted by molar-refractivity contribution is 1.43. The number of nitrogens with one attached hydrogen (secondary N) is 1. The van der Waals surface area contributed by atoms with Crippen LogP contribution in [-0.4, -0.2) is 0 Å². The van der Waals surface area contributed by atoms with E-state index in [1.54, 1.807) is 11.9 Å². The number of rotatable bonds is 0. The van der Waals surface area contributed by atoms with Crippen molar-refractivity contribution in [3.63, 3.8) is 0 Å². The van der Waals surface area contributed by atoms with Crippen LogP contribution in [0.25, 0.3) is 0 Å². The molecule has 3 heteroatoms. The second-order valence-electron chi connectivity index (χ2n) is 0.871. The fraction of sp³-hybridized carbons (Fsp3) is 0. The lowest BCUT2D eigenvalue weighted by Crippen LogP contribution is -1.85. The van der Waals surface area contributed by atoms with Crippen molar-refractivity contribution in [2.75, 3.05) is 0 Å². The highest BCUT2D eigenvalue weighted by atomic mass is 79.9. The Morgan fingerprint density at radius 1 is 1.83 bits per heavy atom. The van der Waals surface area contributed by atoms with Gasteiger partial charge < -0.3 is 4.72 Å². The SMILES string of the molecule is BrC1=C[CH]SN1. The molecule has 1 radical (unpaired) electrons. The first kappa shape index (κ1) is 4.53. The van der Waals surface area contributed by atoms with E-state index in [1.165, 1.54) is 0 Å². The summed E-state index contributed by atoms with van der Waals surface area (Å²) in [6.07, 6.45) is 1.96. The Kier molecular flexibility index (Phi) is 1.42. The second kappa shape index (κ2) is 1.89. The summed E-state index contributed by atoms with van der Waals surface area (Å²) in [4.78, 5) is 0. The zero-order valence-corrected chi connectivity index (χ0v) is 5.34. The van der Waals surface area contributed by atoms with E-state index >= 15 is 0 Å². The first-order chi connectivity index (χ1) is 2.89. The molecule has 6 heavy (non-hydrogen) atoms. The molecule has 0 aromatic heterocycles. The van der Waals surface area contributed by atoms with Gasteiger partial charge in [0.05, 0.1) is 10.4 Å². The second-order valence-corrected chi connectivity index (χ2v) is 2.44. The van der Waals surface area contributed by atoms with Gasteiger partial charge in [0.25, 0.3) is 0 Å². The maximum atomic E-state index is 3.24. The molecule has 0 saturated carbocycles. The minimum Gasteiger partial charge on any atom is -0.324 e. The van der Waals surface area contributed by atoms with Crippen molar-refractivity contribution >= 4 is 27.9 Å². The Morgan fingerprint density at radius 2 is 2.67 bits per heavy atom. The zero-order chi connectivity index (χ0) is 4.41. The maximum Gasteiger partial charge on any atom is 0.0851 e. The molecular formula is C3H3BrNS. The van der Waals surface area contributed by atoms with Crippen LogP contribution in [0.3, 0.4) is 0 Å². The topological polar surface area (TPSA) is 12.0 Å². The first-order valence-corrected chi connectivity index (χ1v) is 3.17. The molecular weight excluding hydrogens is 162 g/mol. The molecule has 33 valence electrons. The third kappa shape index (κ3) is 0.914. The van der Waals surface area contributed by atoms with Gasteiger partial charge in [-0.1, -0.05) is 0 Å². The van der Waals surface area contributed by atoms with Crippen molar-refractivity contribution in [3.8, 4) is 0 Å². The van der Waals surface area contributed by atoms with E-state index in [0.717, 1.165) is 4.61 Å². The lowest BCUT2D eigenvalue weighted by Gasteiger charge is -1.84. The minimum absolute atomic E-state index is 1.05. The normalized spacial score (nSPS) is 19.8. The van der Waals surface area contributed by atoms with Crippen LogP contribution in [0, 0.1) is 5.75 Å². The van der Waals surface area contributed by atoms with Crippen LogP contribution in [0.15, 0.2) is 10.7 Å². The Balaban J connectivity index is 2.45. The van der Waals surface area contributed by atoms with Crippen LogP contribution >= 0.6 is 27.9 Å². The molecule has 0 aromatic carbocycles. The molecule has 1 heterocycles. The van der Waals surface area contributed by atoms with E-state index in [2.05, 4.69) is 20.7 Å². The molecule has 0 amide bonds. The van der Waals surface area contributed by atoms with Gasteiger partial charge >= 0.3 is 0 Å². The standard InChI is InChI=1S/C3H3BrNS/c4-3-1-2-6-5-3/h1-2,5H. The number of hydrogen-bond donors (Lipinski definition) is 1. The zero-order valence-electron chi connectivity index (χ0n) is 2.94. The molecule has 1 aliphatic rings. The average molecular weight is 165 g/mol. The summed E-state index contributed by atoms with van der Waals surface area (Å²) in [5.41, 5.74) is 0. The van der Waals surface area contributed by atoms with Crippen LogP contribution < -0.4 is 4.72 Å². The number of halogens is 1. The van der Waals surface area contributed by atoms with Crippen molar-refractivity contribution in [2.45, 2.75) is 0 Å². The summed E-state index contributed by atoms with van der Waals surface area (Å²) >= 11 is 4.80. The van der Waals surface area contributed by atoms with Gasteiger partial charge in [0.1, 0.15) is 0 Å². The molecule has 1 N–H and O–H groups in total. The van der Waals surface area contributed by atoms with Crippen molar-refractivity contribution < 1.29 is 0 Å². The molecule has 0 aliphatic carbocycles. The predicted molar refractivity (Wildman–Crippen MR) is 32.0 cm³/mol. The monoisotopic (exact) mass is 164 g/mol. The maximum absolute atomic E-state index is 3.24. The summed E-state index contributed by atoms with van der Waals surface area (Å²) in [6, 6.07) is 0. The quantitative estimate of drug-likeness (QED) is 0.432. The van der Waals surface area contributed by atoms with Gasteiger partial charge in [-0.3, -0.25) is 0 Å². The Labute approximate surface area is 49.4 Å². The summed E-state index contributed by atoms with van der Waals surface area (Å²) in [5.74, 6) is 1.98. The van der Waals surface area contributed by atoms with Crippen LogP contribution in [-0.2, 0) is 0 Å². The van der Waals surface area contributed by atoms with Gasteiger partial charge in [0.2, 0.25) is 0 Å². The van der Waals surface area contributed by atoms with E-state index in [-0.39, 0.29) is 0 Å². The van der Waals surface area contributed by atoms with Crippen molar-refractivity contribution in [1.29, 1.82) is 0 Å². The smallest absolute Gasteiger partial charge is 0.0851 e.